The van der Waals surface area contributed by atoms with Gasteiger partial charge in [0.15, 0.2) is 11.6 Å². The second kappa shape index (κ2) is 6.22. The first-order valence-electron chi connectivity index (χ1n) is 6.98. The van der Waals surface area contributed by atoms with E-state index in [-0.39, 0.29) is 11.2 Å². The molecule has 1 aromatic carbocycles. The molecule has 0 saturated carbocycles. The van der Waals surface area contributed by atoms with Gasteiger partial charge in [-0.3, -0.25) is 0 Å². The maximum absolute atomic E-state index is 13.4. The molecule has 21 heavy (non-hydrogen) atoms. The van der Waals surface area contributed by atoms with Crippen LogP contribution >= 0.6 is 0 Å². The largest absolute Gasteiger partial charge is 0.494 e. The van der Waals surface area contributed by atoms with Crippen molar-refractivity contribution in [2.24, 2.45) is 5.73 Å². The van der Waals surface area contributed by atoms with E-state index in [1.165, 1.54) is 13.2 Å². The first kappa shape index (κ1) is 15.4. The quantitative estimate of drug-likeness (QED) is 0.886. The smallest absolute Gasteiger partial charge is 0.234 e. The molecule has 114 valence electrons. The number of nitrogens with zero attached hydrogens (tertiary/aromatic N) is 2. The summed E-state index contributed by atoms with van der Waals surface area (Å²) in [5.41, 5.74) is 6.21. The van der Waals surface area contributed by atoms with Gasteiger partial charge in [0.2, 0.25) is 11.7 Å². The van der Waals surface area contributed by atoms with Gasteiger partial charge in [-0.05, 0) is 31.0 Å². The van der Waals surface area contributed by atoms with Crippen molar-refractivity contribution in [2.45, 2.75) is 32.1 Å². The first-order chi connectivity index (χ1) is 10.1. The van der Waals surface area contributed by atoms with Crippen LogP contribution in [0, 0.1) is 5.82 Å². The Morgan fingerprint density at radius 3 is 2.62 bits per heavy atom. The molecule has 2 N–H and O–H groups in total. The van der Waals surface area contributed by atoms with Crippen LogP contribution < -0.4 is 10.5 Å². The van der Waals surface area contributed by atoms with Gasteiger partial charge in [-0.2, -0.15) is 4.98 Å². The Kier molecular flexibility index (Phi) is 4.57. The molecule has 6 heteroatoms. The molecule has 0 fully saturated rings. The number of halogens is 1. The Morgan fingerprint density at radius 2 is 2.05 bits per heavy atom. The van der Waals surface area contributed by atoms with Gasteiger partial charge in [0.05, 0.1) is 12.5 Å². The highest BCUT2D eigenvalue weighted by Gasteiger charge is 2.33. The molecule has 0 aliphatic rings. The maximum atomic E-state index is 13.4. The molecule has 0 saturated heterocycles. The number of hydrogen-bond donors (Lipinski definition) is 1. The van der Waals surface area contributed by atoms with E-state index in [1.807, 2.05) is 13.8 Å². The summed E-state index contributed by atoms with van der Waals surface area (Å²) in [5.74, 6) is 0.648. The van der Waals surface area contributed by atoms with E-state index in [0.717, 1.165) is 12.8 Å². The van der Waals surface area contributed by atoms with Crippen LogP contribution in [-0.2, 0) is 5.41 Å². The summed E-state index contributed by atoms with van der Waals surface area (Å²) in [7, 11) is 1.41. The van der Waals surface area contributed by atoms with Crippen molar-refractivity contribution in [1.82, 2.24) is 10.1 Å². The molecule has 0 atom stereocenters. The SMILES string of the molecule is CCC(CC)(CN)c1nc(-c2ccc(F)c(OC)c2)no1. The number of hydrogen-bond acceptors (Lipinski definition) is 5. The van der Waals surface area contributed by atoms with Crippen LogP contribution in [0.2, 0.25) is 0 Å². The zero-order valence-corrected chi connectivity index (χ0v) is 12.5. The summed E-state index contributed by atoms with van der Waals surface area (Å²) >= 11 is 0. The zero-order chi connectivity index (χ0) is 15.5. The highest BCUT2D eigenvalue weighted by Crippen LogP contribution is 2.31. The molecular weight excluding hydrogens is 273 g/mol. The molecule has 0 amide bonds. The molecular formula is C15H20FN3O2. The van der Waals surface area contributed by atoms with Crippen LogP contribution in [0.15, 0.2) is 22.7 Å². The normalized spacial score (nSPS) is 11.7. The summed E-state index contributed by atoms with van der Waals surface area (Å²) in [4.78, 5) is 4.43. The molecule has 2 rings (SSSR count). The molecule has 5 nitrogen and oxygen atoms in total. The van der Waals surface area contributed by atoms with Crippen molar-refractivity contribution in [1.29, 1.82) is 0 Å². The Morgan fingerprint density at radius 1 is 1.33 bits per heavy atom. The van der Waals surface area contributed by atoms with E-state index in [0.29, 0.717) is 23.8 Å². The van der Waals surface area contributed by atoms with E-state index in [4.69, 9.17) is 15.0 Å². The standard InChI is InChI=1S/C15H20FN3O2/c1-4-15(5-2,9-17)14-18-13(19-21-14)10-6-7-11(16)12(8-10)20-3/h6-8H,4-5,9,17H2,1-3H3. The fourth-order valence-electron chi connectivity index (χ4n) is 2.28. The third-order valence-electron chi connectivity index (χ3n) is 4.03. The summed E-state index contributed by atoms with van der Waals surface area (Å²) < 4.78 is 23.8. The van der Waals surface area contributed by atoms with E-state index in [9.17, 15) is 4.39 Å². The monoisotopic (exact) mass is 293 g/mol. The zero-order valence-electron chi connectivity index (χ0n) is 12.5. The van der Waals surface area contributed by atoms with Crippen LogP contribution in [0.5, 0.6) is 5.75 Å². The molecule has 2 aromatic rings. The average Bonchev–Trinajstić information content (AvgIpc) is 3.00. The lowest BCUT2D eigenvalue weighted by molar-refractivity contribution is 0.267. The van der Waals surface area contributed by atoms with Crippen molar-refractivity contribution in [3.05, 3.63) is 29.9 Å². The van der Waals surface area contributed by atoms with Crippen molar-refractivity contribution in [2.75, 3.05) is 13.7 Å². The number of aromatic nitrogens is 2. The highest BCUT2D eigenvalue weighted by molar-refractivity contribution is 5.57. The number of ether oxygens (including phenoxy) is 1. The number of nitrogens with two attached hydrogens (primary N) is 1. The topological polar surface area (TPSA) is 74.2 Å². The van der Waals surface area contributed by atoms with Gasteiger partial charge in [0, 0.05) is 12.1 Å². The molecule has 0 spiro atoms. The summed E-state index contributed by atoms with van der Waals surface area (Å²) in [6, 6.07) is 4.46. The van der Waals surface area contributed by atoms with E-state index in [2.05, 4.69) is 10.1 Å². The van der Waals surface area contributed by atoms with Crippen molar-refractivity contribution >= 4 is 0 Å². The van der Waals surface area contributed by atoms with Crippen LogP contribution in [-0.4, -0.2) is 23.8 Å². The number of methoxy groups -OCH3 is 1. The van der Waals surface area contributed by atoms with Crippen molar-refractivity contribution < 1.29 is 13.7 Å². The fourth-order valence-corrected chi connectivity index (χ4v) is 2.28. The van der Waals surface area contributed by atoms with Crippen LogP contribution in [0.1, 0.15) is 32.6 Å². The predicted octanol–water partition coefficient (Wildman–Crippen LogP) is 2.90. The minimum absolute atomic E-state index is 0.148. The molecule has 1 aromatic heterocycles. The van der Waals surface area contributed by atoms with Crippen LogP contribution in [0.25, 0.3) is 11.4 Å². The summed E-state index contributed by atoms with van der Waals surface area (Å²) in [6.07, 6.45) is 1.63. The van der Waals surface area contributed by atoms with E-state index in [1.54, 1.807) is 12.1 Å². The van der Waals surface area contributed by atoms with Gasteiger partial charge in [0.25, 0.3) is 0 Å². The Balaban J connectivity index is 2.40. The van der Waals surface area contributed by atoms with Crippen molar-refractivity contribution in [3.8, 4) is 17.1 Å². The summed E-state index contributed by atoms with van der Waals surface area (Å²) in [6.45, 7) is 4.52. The molecule has 0 bridgehead atoms. The highest BCUT2D eigenvalue weighted by atomic mass is 19.1. The van der Waals surface area contributed by atoms with Gasteiger partial charge in [-0.1, -0.05) is 19.0 Å². The Bertz CT molecular complexity index is 600. The van der Waals surface area contributed by atoms with Gasteiger partial charge >= 0.3 is 0 Å². The van der Waals surface area contributed by atoms with Gasteiger partial charge in [0.1, 0.15) is 0 Å². The fraction of sp³-hybridized carbons (Fsp3) is 0.467. The second-order valence-electron chi connectivity index (χ2n) is 4.96. The average molecular weight is 293 g/mol. The van der Waals surface area contributed by atoms with E-state index < -0.39 is 5.82 Å². The summed E-state index contributed by atoms with van der Waals surface area (Å²) in [5, 5.41) is 3.98. The minimum Gasteiger partial charge on any atom is -0.494 e. The molecule has 1 heterocycles. The van der Waals surface area contributed by atoms with E-state index >= 15 is 0 Å². The third kappa shape index (κ3) is 2.76. The van der Waals surface area contributed by atoms with Gasteiger partial charge in [-0.25, -0.2) is 4.39 Å². The predicted molar refractivity (Wildman–Crippen MR) is 77.6 cm³/mol. The number of rotatable bonds is 6. The van der Waals surface area contributed by atoms with Gasteiger partial charge < -0.3 is 15.0 Å². The van der Waals surface area contributed by atoms with Crippen LogP contribution in [0.4, 0.5) is 4.39 Å². The number of benzene rings is 1. The lowest BCUT2D eigenvalue weighted by Gasteiger charge is -2.24. The van der Waals surface area contributed by atoms with Gasteiger partial charge in [-0.15, -0.1) is 0 Å². The maximum Gasteiger partial charge on any atom is 0.234 e. The van der Waals surface area contributed by atoms with Crippen molar-refractivity contribution in [3.63, 3.8) is 0 Å². The molecule has 0 unspecified atom stereocenters. The third-order valence-corrected chi connectivity index (χ3v) is 4.03. The second-order valence-corrected chi connectivity index (χ2v) is 4.96. The Hall–Kier alpha value is -1.95. The lowest BCUT2D eigenvalue weighted by Crippen LogP contribution is -2.34. The minimum atomic E-state index is -0.427. The lowest BCUT2D eigenvalue weighted by atomic mass is 9.82. The Labute approximate surface area is 123 Å². The molecule has 0 aliphatic carbocycles. The van der Waals surface area contributed by atoms with Crippen LogP contribution in [0.3, 0.4) is 0 Å². The first-order valence-corrected chi connectivity index (χ1v) is 6.98. The molecule has 0 radical (unpaired) electrons. The molecule has 0 aliphatic heterocycles.